The van der Waals surface area contributed by atoms with E-state index < -0.39 is 0 Å². The van der Waals surface area contributed by atoms with E-state index in [1.165, 1.54) is 11.1 Å². The van der Waals surface area contributed by atoms with Gasteiger partial charge in [0.15, 0.2) is 0 Å². The van der Waals surface area contributed by atoms with Crippen LogP contribution in [-0.2, 0) is 12.4 Å². The summed E-state index contributed by atoms with van der Waals surface area (Å²) in [5.41, 5.74) is 9.46. The molecule has 4 rings (SSSR count). The molecule has 0 saturated carbocycles. The minimum Gasteiger partial charge on any atom is -0.324 e. The summed E-state index contributed by atoms with van der Waals surface area (Å²) in [6.07, 6.45) is 0. The molecule has 6 radical (unpaired) electrons. The summed E-state index contributed by atoms with van der Waals surface area (Å²) < 4.78 is 0. The van der Waals surface area contributed by atoms with Crippen molar-refractivity contribution in [3.63, 3.8) is 0 Å². The third-order valence-corrected chi connectivity index (χ3v) is 6.78. The van der Waals surface area contributed by atoms with Crippen molar-refractivity contribution in [3.8, 4) is 0 Å². The number of nitrogens with zero attached hydrogens (tertiary/aromatic N) is 1. The Balaban J connectivity index is 0. The van der Waals surface area contributed by atoms with Crippen molar-refractivity contribution in [1.82, 2.24) is 0 Å². The molecule has 0 aliphatic rings. The third-order valence-electron chi connectivity index (χ3n) is 5.97. The summed E-state index contributed by atoms with van der Waals surface area (Å²) in [4.78, 5) is 0. The van der Waals surface area contributed by atoms with Gasteiger partial charge in [-0.1, -0.05) is 99.4 Å². The lowest BCUT2D eigenvalue weighted by molar-refractivity contribution is 0.843. The lowest BCUT2D eigenvalue weighted by atomic mass is 10.0. The number of alkyl halides is 1. The highest BCUT2D eigenvalue weighted by molar-refractivity contribution is 6.30. The van der Waals surface area contributed by atoms with Crippen LogP contribution in [0.25, 0.3) is 0 Å². The average molecular weight is 644 g/mol. The van der Waals surface area contributed by atoms with Crippen LogP contribution in [0.1, 0.15) is 61.8 Å². The predicted molar refractivity (Wildman–Crippen MR) is 190 cm³/mol. The topological polar surface area (TPSA) is 67.3 Å². The maximum atomic E-state index is 6.09. The molecule has 0 saturated heterocycles. The van der Waals surface area contributed by atoms with Crippen LogP contribution in [0.4, 0.5) is 11.4 Å². The molecule has 0 heterocycles. The Bertz CT molecular complexity index is 1220. The Labute approximate surface area is 277 Å². The van der Waals surface area contributed by atoms with E-state index in [-0.39, 0.29) is 29.2 Å². The number of nitrogen functional groups attached to an aromatic ring is 1. The molecule has 4 nitrogen and oxygen atoms in total. The van der Waals surface area contributed by atoms with Gasteiger partial charge in [0, 0.05) is 38.4 Å². The van der Waals surface area contributed by atoms with E-state index in [1.54, 1.807) is 5.01 Å². The molecule has 0 aromatic heterocycles. The highest BCUT2D eigenvalue weighted by Crippen LogP contribution is 2.20. The van der Waals surface area contributed by atoms with Gasteiger partial charge in [0.05, 0.1) is 12.2 Å². The Hall–Kier alpha value is -2.31. The lowest BCUT2D eigenvalue weighted by Gasteiger charge is -2.19. The molecule has 0 fully saturated rings. The molecular formula is C32H40B2Cl4N4. The first-order chi connectivity index (χ1) is 18.6. The largest absolute Gasteiger partial charge is 0.324 e. The van der Waals surface area contributed by atoms with Gasteiger partial charge in [0.1, 0.15) is 0 Å². The highest BCUT2D eigenvalue weighted by Gasteiger charge is 2.04. The van der Waals surface area contributed by atoms with Crippen LogP contribution in [0.2, 0.25) is 10.0 Å². The monoisotopic (exact) mass is 642 g/mol. The molecule has 10 heteroatoms. The van der Waals surface area contributed by atoms with Gasteiger partial charge in [-0.3, -0.25) is 5.84 Å². The molecule has 0 aliphatic heterocycles. The Kier molecular flexibility index (Phi) is 22.2. The molecule has 0 unspecified atom stereocenters. The number of nitrogens with one attached hydrogen (secondary N) is 1. The second-order valence-corrected chi connectivity index (χ2v) is 10.8. The first-order valence-corrected chi connectivity index (χ1v) is 14.2. The van der Waals surface area contributed by atoms with E-state index in [4.69, 9.17) is 46.5 Å². The van der Waals surface area contributed by atoms with Crippen LogP contribution < -0.4 is 22.1 Å². The van der Waals surface area contributed by atoms with Crippen LogP contribution in [0, 0.1) is 0 Å². The number of hydrazine groups is 2. The SMILES string of the molecule is CC(C)c1ccc(N(N)Cc2ccc(Cl)cc2)cc1.CC(C)c1ccc(NN)cc1.Cl.ClCc1ccc(Cl)cc1.[B].[B]. The lowest BCUT2D eigenvalue weighted by Crippen LogP contribution is -2.29. The first-order valence-electron chi connectivity index (χ1n) is 12.9. The fourth-order valence-electron chi connectivity index (χ4n) is 3.47. The summed E-state index contributed by atoms with van der Waals surface area (Å²) in [7, 11) is 0. The van der Waals surface area contributed by atoms with Crippen LogP contribution in [0.15, 0.2) is 97.1 Å². The molecule has 222 valence electrons. The maximum Gasteiger partial charge on any atom is 0.0592 e. The van der Waals surface area contributed by atoms with Gasteiger partial charge in [-0.05, 0) is 82.6 Å². The number of anilines is 2. The Morgan fingerprint density at radius 3 is 1.38 bits per heavy atom. The van der Waals surface area contributed by atoms with Crippen molar-refractivity contribution in [2.24, 2.45) is 11.7 Å². The van der Waals surface area contributed by atoms with Crippen molar-refractivity contribution in [2.75, 3.05) is 10.4 Å². The highest BCUT2D eigenvalue weighted by atomic mass is 35.5. The second-order valence-electron chi connectivity index (χ2n) is 9.68. The average Bonchev–Trinajstić information content (AvgIpc) is 2.95. The molecule has 0 spiro atoms. The van der Waals surface area contributed by atoms with Gasteiger partial charge in [0.25, 0.3) is 0 Å². The van der Waals surface area contributed by atoms with E-state index in [1.807, 2.05) is 60.7 Å². The summed E-state index contributed by atoms with van der Waals surface area (Å²) in [6.45, 7) is 9.37. The Morgan fingerprint density at radius 1 is 0.643 bits per heavy atom. The van der Waals surface area contributed by atoms with Gasteiger partial charge in [-0.2, -0.15) is 0 Å². The third kappa shape index (κ3) is 15.2. The maximum absolute atomic E-state index is 6.09. The molecule has 0 aliphatic carbocycles. The number of halogens is 4. The normalized spacial score (nSPS) is 9.60. The number of rotatable bonds is 7. The molecule has 5 N–H and O–H groups in total. The molecule has 42 heavy (non-hydrogen) atoms. The van der Waals surface area contributed by atoms with Crippen molar-refractivity contribution < 1.29 is 0 Å². The fourth-order valence-corrected chi connectivity index (χ4v) is 3.90. The molecule has 4 aromatic carbocycles. The van der Waals surface area contributed by atoms with Crippen LogP contribution >= 0.6 is 47.2 Å². The number of benzene rings is 4. The minimum atomic E-state index is 0. The van der Waals surface area contributed by atoms with Gasteiger partial charge in [0.2, 0.25) is 0 Å². The zero-order valence-corrected chi connectivity index (χ0v) is 27.7. The summed E-state index contributed by atoms with van der Waals surface area (Å²) in [5.74, 6) is 13.0. The van der Waals surface area contributed by atoms with Gasteiger partial charge >= 0.3 is 0 Å². The van der Waals surface area contributed by atoms with Crippen LogP contribution in [-0.4, -0.2) is 16.8 Å². The summed E-state index contributed by atoms with van der Waals surface area (Å²) in [5, 5.41) is 3.24. The molecule has 0 amide bonds. The number of nitrogens with two attached hydrogens (primary N) is 2. The predicted octanol–water partition coefficient (Wildman–Crippen LogP) is 9.18. The number of hydrogen-bond acceptors (Lipinski definition) is 4. The van der Waals surface area contributed by atoms with E-state index in [9.17, 15) is 0 Å². The smallest absolute Gasteiger partial charge is 0.0592 e. The number of hydrogen-bond donors (Lipinski definition) is 3. The minimum absolute atomic E-state index is 0. The van der Waals surface area contributed by atoms with Crippen molar-refractivity contribution in [1.29, 1.82) is 0 Å². The standard InChI is InChI=1S/C16H19ClN2.C9H14N2.C7H6Cl2.2B.ClH/c1-12(2)14-5-9-16(10-6-14)19(18)11-13-3-7-15(17)8-4-13;1-7(2)8-3-5-9(11-10)6-4-8;8-5-6-1-3-7(9)4-2-6;;;/h3-10,12H,11,18H2,1-2H3;3-7,11H,10H2,1-2H3;1-4H,5H2;;;1H. The first kappa shape index (κ1) is 41.8. The van der Waals surface area contributed by atoms with Crippen LogP contribution in [0.5, 0.6) is 0 Å². The molecule has 4 aromatic rings. The second kappa shape index (κ2) is 22.3. The summed E-state index contributed by atoms with van der Waals surface area (Å²) in [6, 6.07) is 31.7. The van der Waals surface area contributed by atoms with Gasteiger partial charge in [-0.15, -0.1) is 24.0 Å². The zero-order chi connectivity index (χ0) is 28.8. The molecular weight excluding hydrogens is 604 g/mol. The Morgan fingerprint density at radius 2 is 1.02 bits per heavy atom. The van der Waals surface area contributed by atoms with Crippen LogP contribution in [0.3, 0.4) is 0 Å². The van der Waals surface area contributed by atoms with Crippen molar-refractivity contribution in [2.45, 2.75) is 52.0 Å². The zero-order valence-electron chi connectivity index (χ0n) is 24.6. The van der Waals surface area contributed by atoms with E-state index in [0.29, 0.717) is 24.3 Å². The van der Waals surface area contributed by atoms with Crippen molar-refractivity contribution >= 4 is 75.4 Å². The fraction of sp³-hybridized carbons (Fsp3) is 0.250. The van der Waals surface area contributed by atoms with Gasteiger partial charge in [-0.25, -0.2) is 5.84 Å². The molecule has 0 bridgehead atoms. The van der Waals surface area contributed by atoms with E-state index >= 15 is 0 Å². The molecule has 0 atom stereocenters. The van der Waals surface area contributed by atoms with Crippen molar-refractivity contribution in [3.05, 3.63) is 129 Å². The van der Waals surface area contributed by atoms with E-state index in [0.717, 1.165) is 32.5 Å². The quantitative estimate of drug-likeness (QED) is 0.0813. The van der Waals surface area contributed by atoms with E-state index in [2.05, 4.69) is 69.5 Å². The summed E-state index contributed by atoms with van der Waals surface area (Å²) >= 11 is 17.0. The van der Waals surface area contributed by atoms with Gasteiger partial charge < -0.3 is 10.4 Å².